The Morgan fingerprint density at radius 1 is 1.14 bits per heavy atom. The third-order valence-electron chi connectivity index (χ3n) is 4.07. The van der Waals surface area contributed by atoms with E-state index >= 15 is 0 Å². The number of aromatic nitrogens is 3. The first-order valence-electron chi connectivity index (χ1n) is 7.55. The lowest BCUT2D eigenvalue weighted by molar-refractivity contribution is 0.122. The number of morpholine rings is 1. The molecule has 112 valence electrons. The van der Waals surface area contributed by atoms with Gasteiger partial charge < -0.3 is 9.64 Å². The lowest BCUT2D eigenvalue weighted by atomic mass is 10.1. The first kappa shape index (κ1) is 13.3. The average molecular weight is 294 g/mol. The molecule has 1 fully saturated rings. The molecule has 1 aliphatic heterocycles. The number of aryl methyl sites for hydroxylation is 1. The zero-order valence-corrected chi connectivity index (χ0v) is 12.5. The molecule has 0 bridgehead atoms. The van der Waals surface area contributed by atoms with E-state index in [9.17, 15) is 0 Å². The van der Waals surface area contributed by atoms with Crippen molar-refractivity contribution in [3.8, 4) is 11.3 Å². The Balaban J connectivity index is 1.75. The van der Waals surface area contributed by atoms with E-state index in [4.69, 9.17) is 4.74 Å². The van der Waals surface area contributed by atoms with Crippen LogP contribution in [0.4, 0.5) is 5.82 Å². The van der Waals surface area contributed by atoms with E-state index in [1.165, 1.54) is 5.56 Å². The van der Waals surface area contributed by atoms with E-state index in [0.29, 0.717) is 0 Å². The maximum absolute atomic E-state index is 5.41. The monoisotopic (exact) mass is 294 g/mol. The van der Waals surface area contributed by atoms with E-state index in [1.807, 2.05) is 12.3 Å². The highest BCUT2D eigenvalue weighted by atomic mass is 16.5. The number of rotatable bonds is 2. The molecule has 0 amide bonds. The van der Waals surface area contributed by atoms with Gasteiger partial charge in [0.2, 0.25) is 0 Å². The van der Waals surface area contributed by atoms with Gasteiger partial charge in [0.25, 0.3) is 0 Å². The number of benzene rings is 1. The van der Waals surface area contributed by atoms with E-state index < -0.39 is 0 Å². The number of pyridine rings is 1. The van der Waals surface area contributed by atoms with Crippen molar-refractivity contribution in [2.24, 2.45) is 0 Å². The van der Waals surface area contributed by atoms with Crippen LogP contribution in [0.2, 0.25) is 0 Å². The van der Waals surface area contributed by atoms with Crippen LogP contribution in [-0.2, 0) is 4.74 Å². The van der Waals surface area contributed by atoms with E-state index in [2.05, 4.69) is 51.3 Å². The van der Waals surface area contributed by atoms with Gasteiger partial charge >= 0.3 is 0 Å². The van der Waals surface area contributed by atoms with Crippen molar-refractivity contribution in [3.63, 3.8) is 0 Å². The zero-order valence-electron chi connectivity index (χ0n) is 12.5. The van der Waals surface area contributed by atoms with Gasteiger partial charge in [-0.25, -0.2) is 4.98 Å². The number of H-pyrrole nitrogens is 1. The van der Waals surface area contributed by atoms with Crippen LogP contribution in [0.3, 0.4) is 0 Å². The van der Waals surface area contributed by atoms with Crippen molar-refractivity contribution in [2.75, 3.05) is 31.2 Å². The molecule has 5 nitrogen and oxygen atoms in total. The van der Waals surface area contributed by atoms with Crippen molar-refractivity contribution in [3.05, 3.63) is 42.1 Å². The van der Waals surface area contributed by atoms with Crippen LogP contribution in [0.1, 0.15) is 5.56 Å². The number of nitrogens with zero attached hydrogens (tertiary/aromatic N) is 3. The highest BCUT2D eigenvalue weighted by molar-refractivity contribution is 5.93. The lowest BCUT2D eigenvalue weighted by Crippen LogP contribution is -2.36. The molecule has 5 heteroatoms. The van der Waals surface area contributed by atoms with Gasteiger partial charge in [0.15, 0.2) is 0 Å². The summed E-state index contributed by atoms with van der Waals surface area (Å²) in [5.41, 5.74) is 4.37. The minimum atomic E-state index is 0.760. The molecule has 1 aliphatic rings. The molecular weight excluding hydrogens is 276 g/mol. The molecule has 0 spiro atoms. The van der Waals surface area contributed by atoms with E-state index in [-0.39, 0.29) is 0 Å². The molecule has 3 aromatic rings. The third-order valence-corrected chi connectivity index (χ3v) is 4.07. The van der Waals surface area contributed by atoms with Crippen LogP contribution >= 0.6 is 0 Å². The van der Waals surface area contributed by atoms with Gasteiger partial charge in [-0.15, -0.1) is 0 Å². The van der Waals surface area contributed by atoms with Crippen LogP contribution in [0, 0.1) is 6.92 Å². The van der Waals surface area contributed by atoms with Gasteiger partial charge in [-0.1, -0.05) is 12.1 Å². The summed E-state index contributed by atoms with van der Waals surface area (Å²) in [5.74, 6) is 0.990. The maximum atomic E-state index is 5.41. The molecule has 0 radical (unpaired) electrons. The number of ether oxygens (including phenoxy) is 1. The Morgan fingerprint density at radius 3 is 2.86 bits per heavy atom. The summed E-state index contributed by atoms with van der Waals surface area (Å²) in [6, 6.07) is 10.5. The van der Waals surface area contributed by atoms with Crippen LogP contribution < -0.4 is 4.90 Å². The van der Waals surface area contributed by atoms with Crippen molar-refractivity contribution in [1.82, 2.24) is 15.2 Å². The normalized spacial score (nSPS) is 15.4. The topological polar surface area (TPSA) is 54.0 Å². The second kappa shape index (κ2) is 5.42. The fourth-order valence-electron chi connectivity index (χ4n) is 2.88. The van der Waals surface area contributed by atoms with Crippen LogP contribution in [0.25, 0.3) is 22.2 Å². The largest absolute Gasteiger partial charge is 0.378 e. The molecule has 1 aromatic carbocycles. The Labute approximate surface area is 128 Å². The van der Waals surface area contributed by atoms with Gasteiger partial charge in [-0.05, 0) is 30.7 Å². The van der Waals surface area contributed by atoms with E-state index in [0.717, 1.165) is 54.3 Å². The van der Waals surface area contributed by atoms with Crippen molar-refractivity contribution in [2.45, 2.75) is 6.92 Å². The Morgan fingerprint density at radius 2 is 2.00 bits per heavy atom. The summed E-state index contributed by atoms with van der Waals surface area (Å²) in [7, 11) is 0. The van der Waals surface area contributed by atoms with Crippen LogP contribution in [0.15, 0.2) is 36.5 Å². The quantitative estimate of drug-likeness (QED) is 0.789. The second-order valence-electron chi connectivity index (χ2n) is 5.62. The fraction of sp³-hybridized carbons (Fsp3) is 0.294. The fourth-order valence-corrected chi connectivity index (χ4v) is 2.88. The minimum Gasteiger partial charge on any atom is -0.378 e. The van der Waals surface area contributed by atoms with Crippen molar-refractivity contribution < 1.29 is 4.74 Å². The molecule has 3 heterocycles. The predicted molar refractivity (Wildman–Crippen MR) is 87.1 cm³/mol. The van der Waals surface area contributed by atoms with Crippen LogP contribution in [-0.4, -0.2) is 41.5 Å². The van der Waals surface area contributed by atoms with Gasteiger partial charge in [-0.3, -0.25) is 5.10 Å². The first-order chi connectivity index (χ1) is 10.8. The summed E-state index contributed by atoms with van der Waals surface area (Å²) >= 11 is 0. The molecule has 0 unspecified atom stereocenters. The molecule has 2 aromatic heterocycles. The number of aromatic amines is 1. The molecular formula is C17H18N4O. The first-order valence-corrected chi connectivity index (χ1v) is 7.55. The minimum absolute atomic E-state index is 0.760. The van der Waals surface area contributed by atoms with Gasteiger partial charge in [0, 0.05) is 30.2 Å². The van der Waals surface area contributed by atoms with Crippen molar-refractivity contribution >= 4 is 16.7 Å². The molecule has 1 saturated heterocycles. The number of anilines is 1. The smallest absolute Gasteiger partial charge is 0.129 e. The van der Waals surface area contributed by atoms with Crippen molar-refractivity contribution in [1.29, 1.82) is 0 Å². The Kier molecular flexibility index (Phi) is 3.27. The van der Waals surface area contributed by atoms with Gasteiger partial charge in [-0.2, -0.15) is 5.10 Å². The molecule has 4 rings (SSSR count). The highest BCUT2D eigenvalue weighted by Crippen LogP contribution is 2.28. The molecule has 22 heavy (non-hydrogen) atoms. The molecule has 0 aliphatic carbocycles. The molecule has 0 saturated carbocycles. The Bertz CT molecular complexity index is 805. The SMILES string of the molecule is Cc1ccc2c(-c3ccnc(N4CCOCC4)c3)n[nH]c2c1. The number of fused-ring (bicyclic) bond motifs is 1. The summed E-state index contributed by atoms with van der Waals surface area (Å²) in [6.07, 6.45) is 1.86. The third kappa shape index (κ3) is 2.33. The molecule has 1 N–H and O–H groups in total. The molecule has 0 atom stereocenters. The van der Waals surface area contributed by atoms with E-state index in [1.54, 1.807) is 0 Å². The lowest BCUT2D eigenvalue weighted by Gasteiger charge is -2.27. The Hall–Kier alpha value is -2.40. The van der Waals surface area contributed by atoms with Crippen LogP contribution in [0.5, 0.6) is 0 Å². The highest BCUT2D eigenvalue weighted by Gasteiger charge is 2.14. The van der Waals surface area contributed by atoms with Gasteiger partial charge in [0.05, 0.1) is 18.7 Å². The average Bonchev–Trinajstić information content (AvgIpc) is 2.99. The summed E-state index contributed by atoms with van der Waals surface area (Å²) in [4.78, 5) is 6.76. The standard InChI is InChI=1S/C17H18N4O/c1-12-2-3-14-15(10-12)19-20-17(14)13-4-5-18-16(11-13)21-6-8-22-9-7-21/h2-5,10-11H,6-9H2,1H3,(H,19,20). The number of hydrogen-bond acceptors (Lipinski definition) is 4. The summed E-state index contributed by atoms with van der Waals surface area (Å²) < 4.78 is 5.41. The maximum Gasteiger partial charge on any atom is 0.129 e. The summed E-state index contributed by atoms with van der Waals surface area (Å²) in [5, 5.41) is 8.76. The zero-order chi connectivity index (χ0) is 14.9. The number of hydrogen-bond donors (Lipinski definition) is 1. The second-order valence-corrected chi connectivity index (χ2v) is 5.62. The number of nitrogens with one attached hydrogen (secondary N) is 1. The van der Waals surface area contributed by atoms with Gasteiger partial charge in [0.1, 0.15) is 11.5 Å². The summed E-state index contributed by atoms with van der Waals surface area (Å²) in [6.45, 7) is 5.38. The predicted octanol–water partition coefficient (Wildman–Crippen LogP) is 2.77.